The molecule has 4 nitrogen and oxygen atoms in total. The highest BCUT2D eigenvalue weighted by molar-refractivity contribution is 7.08. The van der Waals surface area contributed by atoms with Gasteiger partial charge in [-0.05, 0) is 23.6 Å². The average molecular weight is 269 g/mol. The molecule has 1 aromatic carbocycles. The summed E-state index contributed by atoms with van der Waals surface area (Å²) >= 11 is 1.40. The second kappa shape index (κ2) is 5.11. The van der Waals surface area contributed by atoms with Gasteiger partial charge in [0.2, 0.25) is 0 Å². The van der Waals surface area contributed by atoms with E-state index in [4.69, 9.17) is 5.84 Å². The Hall–Kier alpha value is -1.99. The molecule has 0 fully saturated rings. The molecule has 0 aliphatic heterocycles. The van der Waals surface area contributed by atoms with Gasteiger partial charge in [0, 0.05) is 10.9 Å². The maximum absolute atomic E-state index is 13.4. The highest BCUT2D eigenvalue weighted by atomic mass is 32.1. The Labute approximate surface area is 105 Å². The third kappa shape index (κ3) is 2.47. The van der Waals surface area contributed by atoms with E-state index in [1.807, 2.05) is 5.43 Å². The third-order valence-electron chi connectivity index (χ3n) is 2.23. The van der Waals surface area contributed by atoms with E-state index in [1.165, 1.54) is 11.3 Å². The van der Waals surface area contributed by atoms with Crippen molar-refractivity contribution in [2.24, 2.45) is 5.84 Å². The van der Waals surface area contributed by atoms with Crippen LogP contribution in [0, 0.1) is 11.6 Å². The summed E-state index contributed by atoms with van der Waals surface area (Å²) in [5, 5.41) is 6.00. The zero-order valence-electron chi connectivity index (χ0n) is 9.04. The molecule has 94 valence electrons. The molecule has 0 atom stereocenters. The summed E-state index contributed by atoms with van der Waals surface area (Å²) in [6.07, 6.45) is 0. The number of hydrogen-bond acceptors (Lipinski definition) is 4. The molecule has 0 spiro atoms. The van der Waals surface area contributed by atoms with Crippen LogP contribution in [0.25, 0.3) is 0 Å². The summed E-state index contributed by atoms with van der Waals surface area (Å²) < 4.78 is 26.8. The first-order chi connectivity index (χ1) is 8.61. The molecule has 1 heterocycles. The molecule has 7 heteroatoms. The molecule has 1 amide bonds. The monoisotopic (exact) mass is 269 g/mol. The van der Waals surface area contributed by atoms with Crippen LogP contribution in [-0.2, 0) is 0 Å². The maximum Gasteiger partial charge on any atom is 0.255 e. The molecule has 0 aliphatic carbocycles. The molecule has 0 unspecified atom stereocenters. The van der Waals surface area contributed by atoms with Gasteiger partial charge >= 0.3 is 0 Å². The number of halogens is 2. The second-order valence-corrected chi connectivity index (χ2v) is 4.21. The topological polar surface area (TPSA) is 67.1 Å². The quantitative estimate of drug-likeness (QED) is 0.592. The largest absolute Gasteiger partial charge is 0.321 e. The van der Waals surface area contributed by atoms with Crippen molar-refractivity contribution in [3.8, 4) is 0 Å². The van der Waals surface area contributed by atoms with Gasteiger partial charge in [-0.1, -0.05) is 0 Å². The number of hydrogen-bond donors (Lipinski definition) is 3. The first-order valence-corrected chi connectivity index (χ1v) is 5.85. The predicted octanol–water partition coefficient (Wildman–Crippen LogP) is 2.56. The van der Waals surface area contributed by atoms with Crippen LogP contribution in [-0.4, -0.2) is 5.91 Å². The summed E-state index contributed by atoms with van der Waals surface area (Å²) in [5.41, 5.74) is 1.89. The number of anilines is 2. The molecular formula is C11H9F2N3OS. The molecule has 2 rings (SSSR count). The number of rotatable bonds is 3. The molecule has 0 bridgehead atoms. The molecule has 1 aromatic heterocycles. The summed E-state index contributed by atoms with van der Waals surface area (Å²) in [7, 11) is 0. The molecule has 0 saturated carbocycles. The fraction of sp³-hybridized carbons (Fsp3) is 0. The minimum atomic E-state index is -0.923. The van der Waals surface area contributed by atoms with Crippen molar-refractivity contribution in [3.63, 3.8) is 0 Å². The number of benzene rings is 1. The van der Waals surface area contributed by atoms with Gasteiger partial charge in [-0.2, -0.15) is 11.3 Å². The van der Waals surface area contributed by atoms with Crippen molar-refractivity contribution in [3.05, 3.63) is 46.2 Å². The van der Waals surface area contributed by atoms with Crippen LogP contribution < -0.4 is 16.6 Å². The lowest BCUT2D eigenvalue weighted by molar-refractivity contribution is 0.102. The van der Waals surface area contributed by atoms with Crippen LogP contribution in [0.4, 0.5) is 20.2 Å². The highest BCUT2D eigenvalue weighted by Gasteiger charge is 2.14. The van der Waals surface area contributed by atoms with E-state index >= 15 is 0 Å². The molecule has 2 aromatic rings. The smallest absolute Gasteiger partial charge is 0.255 e. The van der Waals surface area contributed by atoms with Crippen molar-refractivity contribution >= 4 is 28.6 Å². The summed E-state index contributed by atoms with van der Waals surface area (Å²) in [5.74, 6) is 2.52. The van der Waals surface area contributed by atoms with E-state index in [9.17, 15) is 13.6 Å². The van der Waals surface area contributed by atoms with E-state index in [2.05, 4.69) is 5.32 Å². The minimum Gasteiger partial charge on any atom is -0.321 e. The van der Waals surface area contributed by atoms with Crippen LogP contribution in [0.15, 0.2) is 29.0 Å². The summed E-state index contributed by atoms with van der Waals surface area (Å²) in [6.45, 7) is 0. The molecule has 4 N–H and O–H groups in total. The Bertz CT molecular complexity index is 549. The molecular weight excluding hydrogens is 260 g/mol. The molecule has 0 saturated heterocycles. The number of thiophene rings is 1. The molecule has 0 radical (unpaired) electrons. The normalized spacial score (nSPS) is 10.2. The summed E-state index contributed by atoms with van der Waals surface area (Å²) in [4.78, 5) is 11.7. The van der Waals surface area contributed by atoms with Gasteiger partial charge < -0.3 is 10.7 Å². The first-order valence-electron chi connectivity index (χ1n) is 4.91. The van der Waals surface area contributed by atoms with Gasteiger partial charge in [-0.25, -0.2) is 8.78 Å². The second-order valence-electron chi connectivity index (χ2n) is 3.43. The SMILES string of the molecule is NNc1c(F)cc(C(=O)Nc2ccsc2)cc1F. The number of nitrogens with two attached hydrogens (primary N) is 1. The maximum atomic E-state index is 13.4. The van der Waals surface area contributed by atoms with Crippen molar-refractivity contribution in [1.29, 1.82) is 0 Å². The Morgan fingerprint density at radius 1 is 1.28 bits per heavy atom. The number of hydrazine groups is 1. The average Bonchev–Trinajstić information content (AvgIpc) is 2.81. The zero-order chi connectivity index (χ0) is 13.1. The standard InChI is InChI=1S/C11H9F2N3OS/c12-8-3-6(4-9(13)10(8)16-14)11(17)15-7-1-2-18-5-7/h1-5,16H,14H2,(H,15,17). The van der Waals surface area contributed by atoms with E-state index in [-0.39, 0.29) is 5.56 Å². The Kier molecular flexibility index (Phi) is 3.54. The van der Waals surface area contributed by atoms with Crippen LogP contribution >= 0.6 is 11.3 Å². The highest BCUT2D eigenvalue weighted by Crippen LogP contribution is 2.21. The summed E-state index contributed by atoms with van der Waals surface area (Å²) in [6, 6.07) is 3.52. The van der Waals surface area contributed by atoms with Crippen molar-refractivity contribution < 1.29 is 13.6 Å². The lowest BCUT2D eigenvalue weighted by Crippen LogP contribution is -2.15. The Morgan fingerprint density at radius 2 is 1.94 bits per heavy atom. The van der Waals surface area contributed by atoms with Gasteiger partial charge in [0.05, 0.1) is 5.69 Å². The van der Waals surface area contributed by atoms with E-state index in [0.717, 1.165) is 12.1 Å². The number of amides is 1. The third-order valence-corrected chi connectivity index (χ3v) is 2.91. The van der Waals surface area contributed by atoms with Crippen LogP contribution in [0.5, 0.6) is 0 Å². The lowest BCUT2D eigenvalue weighted by Gasteiger charge is -2.07. The van der Waals surface area contributed by atoms with E-state index in [0.29, 0.717) is 5.69 Å². The fourth-order valence-corrected chi connectivity index (χ4v) is 1.97. The molecule has 0 aliphatic rings. The van der Waals surface area contributed by atoms with Gasteiger partial charge in [0.1, 0.15) is 5.69 Å². The Morgan fingerprint density at radius 3 is 2.44 bits per heavy atom. The van der Waals surface area contributed by atoms with Crippen LogP contribution in [0.3, 0.4) is 0 Å². The lowest BCUT2D eigenvalue weighted by atomic mass is 10.1. The van der Waals surface area contributed by atoms with Crippen molar-refractivity contribution in [2.75, 3.05) is 10.7 Å². The van der Waals surface area contributed by atoms with Crippen LogP contribution in [0.1, 0.15) is 10.4 Å². The minimum absolute atomic E-state index is 0.116. The van der Waals surface area contributed by atoms with E-state index < -0.39 is 23.2 Å². The zero-order valence-corrected chi connectivity index (χ0v) is 9.85. The van der Waals surface area contributed by atoms with Crippen molar-refractivity contribution in [2.45, 2.75) is 0 Å². The fourth-order valence-electron chi connectivity index (χ4n) is 1.38. The number of nitrogens with one attached hydrogen (secondary N) is 2. The number of carbonyl (C=O) groups excluding carboxylic acids is 1. The first kappa shape index (κ1) is 12.5. The number of nitrogen functional groups attached to an aromatic ring is 1. The predicted molar refractivity (Wildman–Crippen MR) is 66.4 cm³/mol. The van der Waals surface area contributed by atoms with Gasteiger partial charge in [-0.3, -0.25) is 10.6 Å². The van der Waals surface area contributed by atoms with E-state index in [1.54, 1.807) is 16.8 Å². The van der Waals surface area contributed by atoms with Crippen molar-refractivity contribution in [1.82, 2.24) is 0 Å². The number of carbonyl (C=O) groups is 1. The Balaban J connectivity index is 2.26. The molecule has 18 heavy (non-hydrogen) atoms. The van der Waals surface area contributed by atoms with Gasteiger partial charge in [0.25, 0.3) is 5.91 Å². The van der Waals surface area contributed by atoms with Gasteiger partial charge in [0.15, 0.2) is 11.6 Å². The van der Waals surface area contributed by atoms with Crippen LogP contribution in [0.2, 0.25) is 0 Å². The van der Waals surface area contributed by atoms with Gasteiger partial charge in [-0.15, -0.1) is 0 Å².